The summed E-state index contributed by atoms with van der Waals surface area (Å²) in [6.45, 7) is 0. The lowest BCUT2D eigenvalue weighted by molar-refractivity contribution is 0.159. The average molecular weight is 244 g/mol. The summed E-state index contributed by atoms with van der Waals surface area (Å²) in [4.78, 5) is 0. The van der Waals surface area contributed by atoms with Crippen molar-refractivity contribution in [2.45, 2.75) is 12.2 Å². The Kier molecular flexibility index (Phi) is 3.19. The molecule has 1 saturated heterocycles. The van der Waals surface area contributed by atoms with Crippen molar-refractivity contribution in [1.82, 2.24) is 0 Å². The molecule has 1 aliphatic heterocycles. The van der Waals surface area contributed by atoms with E-state index in [1.165, 1.54) is 11.1 Å². The largest absolute Gasteiger partial charge is 0.325 e. The van der Waals surface area contributed by atoms with E-state index in [-0.39, 0.29) is 21.2 Å². The van der Waals surface area contributed by atoms with Gasteiger partial charge in [-0.25, -0.2) is 0 Å². The Hall–Kier alpha value is -1.21. The molecule has 0 amide bonds. The lowest BCUT2D eigenvalue weighted by Gasteiger charge is -2.17. The first-order valence-electron chi connectivity index (χ1n) is 5.61. The van der Waals surface area contributed by atoms with Crippen LogP contribution in [0.1, 0.15) is 23.3 Å². The van der Waals surface area contributed by atoms with Crippen LogP contribution in [0.15, 0.2) is 60.7 Å². The van der Waals surface area contributed by atoms with Crippen LogP contribution in [0.25, 0.3) is 0 Å². The molecule has 0 bridgehead atoms. The molecule has 86 valence electrons. The molecular formula is C14H13O2P. The Bertz CT molecular complexity index is 427. The van der Waals surface area contributed by atoms with Gasteiger partial charge in [0.05, 0.1) is 0 Å². The SMILES string of the molecule is c1ccc(C2OPOC2c2ccccc2)cc1. The quantitative estimate of drug-likeness (QED) is 0.743. The minimum atomic E-state index is 0.0110. The van der Waals surface area contributed by atoms with Gasteiger partial charge < -0.3 is 9.05 Å². The van der Waals surface area contributed by atoms with Crippen molar-refractivity contribution in [3.8, 4) is 0 Å². The number of benzene rings is 2. The van der Waals surface area contributed by atoms with Crippen molar-refractivity contribution in [1.29, 1.82) is 0 Å². The second kappa shape index (κ2) is 4.97. The summed E-state index contributed by atoms with van der Waals surface area (Å²) < 4.78 is 11.4. The predicted octanol–water partition coefficient (Wildman–Crippen LogP) is 4.02. The Morgan fingerprint density at radius 1 is 0.647 bits per heavy atom. The van der Waals surface area contributed by atoms with Crippen molar-refractivity contribution >= 4 is 9.03 Å². The summed E-state index contributed by atoms with van der Waals surface area (Å²) in [7, 11) is 0.120. The topological polar surface area (TPSA) is 18.5 Å². The fourth-order valence-corrected chi connectivity index (χ4v) is 2.81. The molecule has 0 aliphatic carbocycles. The van der Waals surface area contributed by atoms with Crippen LogP contribution in [0.2, 0.25) is 0 Å². The van der Waals surface area contributed by atoms with Crippen LogP contribution >= 0.6 is 9.03 Å². The van der Waals surface area contributed by atoms with Crippen molar-refractivity contribution in [2.24, 2.45) is 0 Å². The number of rotatable bonds is 2. The molecule has 1 fully saturated rings. The average Bonchev–Trinajstić information content (AvgIpc) is 2.90. The lowest BCUT2D eigenvalue weighted by atomic mass is 9.99. The maximum absolute atomic E-state index is 5.71. The van der Waals surface area contributed by atoms with E-state index in [4.69, 9.17) is 9.05 Å². The molecule has 2 atom stereocenters. The minimum Gasteiger partial charge on any atom is -0.325 e. The van der Waals surface area contributed by atoms with E-state index in [9.17, 15) is 0 Å². The van der Waals surface area contributed by atoms with Gasteiger partial charge in [-0.3, -0.25) is 0 Å². The van der Waals surface area contributed by atoms with E-state index in [0.29, 0.717) is 0 Å². The van der Waals surface area contributed by atoms with Crippen molar-refractivity contribution in [2.75, 3.05) is 0 Å². The Labute approximate surface area is 103 Å². The molecule has 2 aromatic carbocycles. The van der Waals surface area contributed by atoms with Crippen LogP contribution in [-0.4, -0.2) is 0 Å². The molecule has 0 N–H and O–H groups in total. The molecule has 0 radical (unpaired) electrons. The standard InChI is InChI=1S/C14H13O2P/c1-3-7-11(8-4-1)13-14(16-17-15-13)12-9-5-2-6-10-12/h1-10,13-14,17H. The molecule has 2 nitrogen and oxygen atoms in total. The summed E-state index contributed by atoms with van der Waals surface area (Å²) in [6.07, 6.45) is 0.0221. The van der Waals surface area contributed by atoms with Gasteiger partial charge in [0.25, 0.3) is 0 Å². The van der Waals surface area contributed by atoms with Gasteiger partial charge >= 0.3 is 0 Å². The van der Waals surface area contributed by atoms with Gasteiger partial charge in [0.2, 0.25) is 0 Å². The molecule has 17 heavy (non-hydrogen) atoms. The molecule has 3 rings (SSSR count). The van der Waals surface area contributed by atoms with E-state index >= 15 is 0 Å². The van der Waals surface area contributed by atoms with Crippen molar-refractivity contribution in [3.63, 3.8) is 0 Å². The van der Waals surface area contributed by atoms with E-state index in [1.54, 1.807) is 0 Å². The van der Waals surface area contributed by atoms with Crippen molar-refractivity contribution < 1.29 is 9.05 Å². The van der Waals surface area contributed by atoms with Gasteiger partial charge in [-0.15, -0.1) is 0 Å². The van der Waals surface area contributed by atoms with E-state index < -0.39 is 0 Å². The van der Waals surface area contributed by atoms with E-state index in [1.807, 2.05) is 36.4 Å². The van der Waals surface area contributed by atoms with E-state index in [0.717, 1.165) is 0 Å². The van der Waals surface area contributed by atoms with Gasteiger partial charge in [0.1, 0.15) is 12.2 Å². The predicted molar refractivity (Wildman–Crippen MR) is 68.9 cm³/mol. The fourth-order valence-electron chi connectivity index (χ4n) is 2.03. The zero-order valence-corrected chi connectivity index (χ0v) is 10.2. The summed E-state index contributed by atoms with van der Waals surface area (Å²) in [5, 5.41) is 0. The van der Waals surface area contributed by atoms with E-state index in [2.05, 4.69) is 24.3 Å². The maximum Gasteiger partial charge on any atom is 0.156 e. The molecule has 1 aliphatic rings. The second-order valence-corrected chi connectivity index (χ2v) is 4.62. The molecule has 0 saturated carbocycles. The van der Waals surface area contributed by atoms with Crippen LogP contribution < -0.4 is 0 Å². The highest BCUT2D eigenvalue weighted by Crippen LogP contribution is 2.49. The Balaban J connectivity index is 1.91. The lowest BCUT2D eigenvalue weighted by Crippen LogP contribution is -2.06. The molecule has 2 aromatic rings. The van der Waals surface area contributed by atoms with Crippen molar-refractivity contribution in [3.05, 3.63) is 71.8 Å². The van der Waals surface area contributed by atoms with Gasteiger partial charge in [-0.1, -0.05) is 60.7 Å². The molecule has 0 aromatic heterocycles. The van der Waals surface area contributed by atoms with Crippen LogP contribution in [0.4, 0.5) is 0 Å². The molecule has 3 heteroatoms. The molecular weight excluding hydrogens is 231 g/mol. The zero-order valence-electron chi connectivity index (χ0n) is 9.24. The highest BCUT2D eigenvalue weighted by atomic mass is 31.1. The third kappa shape index (κ3) is 2.25. The number of hydrogen-bond donors (Lipinski definition) is 0. The number of hydrogen-bond acceptors (Lipinski definition) is 2. The van der Waals surface area contributed by atoms with Gasteiger partial charge in [-0.2, -0.15) is 0 Å². The van der Waals surface area contributed by atoms with Crippen LogP contribution in [0.5, 0.6) is 0 Å². The van der Waals surface area contributed by atoms with Crippen LogP contribution in [-0.2, 0) is 9.05 Å². The highest BCUT2D eigenvalue weighted by Gasteiger charge is 2.32. The molecule has 1 heterocycles. The first-order chi connectivity index (χ1) is 8.45. The minimum absolute atomic E-state index is 0.0110. The summed E-state index contributed by atoms with van der Waals surface area (Å²) in [6, 6.07) is 20.5. The normalized spacial score (nSPS) is 25.2. The van der Waals surface area contributed by atoms with Gasteiger partial charge in [0.15, 0.2) is 9.03 Å². The molecule has 0 spiro atoms. The first kappa shape index (κ1) is 10.9. The Morgan fingerprint density at radius 2 is 1.06 bits per heavy atom. The highest BCUT2D eigenvalue weighted by molar-refractivity contribution is 7.26. The maximum atomic E-state index is 5.71. The Morgan fingerprint density at radius 3 is 1.47 bits per heavy atom. The zero-order chi connectivity index (χ0) is 11.5. The fraction of sp³-hybridized carbons (Fsp3) is 0.143. The molecule has 2 unspecified atom stereocenters. The van der Waals surface area contributed by atoms with Gasteiger partial charge in [-0.05, 0) is 11.1 Å². The second-order valence-electron chi connectivity index (χ2n) is 3.98. The smallest absolute Gasteiger partial charge is 0.156 e. The summed E-state index contributed by atoms with van der Waals surface area (Å²) >= 11 is 0. The van der Waals surface area contributed by atoms with Crippen LogP contribution in [0.3, 0.4) is 0 Å². The summed E-state index contributed by atoms with van der Waals surface area (Å²) in [5.74, 6) is 0. The van der Waals surface area contributed by atoms with Crippen LogP contribution in [0, 0.1) is 0 Å². The summed E-state index contributed by atoms with van der Waals surface area (Å²) in [5.41, 5.74) is 2.35. The third-order valence-electron chi connectivity index (χ3n) is 2.88. The van der Waals surface area contributed by atoms with Gasteiger partial charge in [0, 0.05) is 0 Å². The first-order valence-corrected chi connectivity index (χ1v) is 6.43. The monoisotopic (exact) mass is 244 g/mol. The third-order valence-corrected chi connectivity index (χ3v) is 3.58.